The van der Waals surface area contributed by atoms with E-state index in [1.807, 2.05) is 46.9 Å². The van der Waals surface area contributed by atoms with Gasteiger partial charge in [-0.1, -0.05) is 15.9 Å². The molecule has 5 heteroatoms. The number of ether oxygens (including phenoxy) is 1. The Morgan fingerprint density at radius 3 is 2.55 bits per heavy atom. The molecule has 0 heterocycles. The maximum Gasteiger partial charge on any atom is 0.258 e. The van der Waals surface area contributed by atoms with Crippen LogP contribution in [0.3, 0.4) is 0 Å². The lowest BCUT2D eigenvalue weighted by atomic mass is 10.1. The third-order valence-electron chi connectivity index (χ3n) is 2.55. The zero-order chi connectivity index (χ0) is 15.3. The number of carbonyl (C=O) groups excluding carboxylic acids is 1. The largest absolute Gasteiger partial charge is 0.483 e. The van der Waals surface area contributed by atoms with Crippen LogP contribution in [0.5, 0.6) is 5.75 Å². The molecular weight excluding hydrogens is 320 g/mol. The monoisotopic (exact) mass is 342 g/mol. The summed E-state index contributed by atoms with van der Waals surface area (Å²) in [5, 5.41) is 5.99. The third-order valence-corrected chi connectivity index (χ3v) is 3.00. The molecule has 0 aromatic heterocycles. The Bertz CT molecular complexity index is 481. The number of nitrogens with one attached hydrogen (secondary N) is 2. The number of aryl methyl sites for hydroxylation is 1. The van der Waals surface area contributed by atoms with Crippen LogP contribution in [0.1, 0.15) is 31.9 Å². The quantitative estimate of drug-likeness (QED) is 0.864. The van der Waals surface area contributed by atoms with Crippen LogP contribution in [0.2, 0.25) is 0 Å². The second-order valence-corrected chi connectivity index (χ2v) is 6.74. The summed E-state index contributed by atoms with van der Waals surface area (Å²) in [7, 11) is 1.88. The summed E-state index contributed by atoms with van der Waals surface area (Å²) in [5.74, 6) is 0.654. The molecule has 0 fully saturated rings. The van der Waals surface area contributed by atoms with Crippen molar-refractivity contribution in [3.8, 4) is 5.75 Å². The van der Waals surface area contributed by atoms with E-state index in [1.54, 1.807) is 0 Å². The van der Waals surface area contributed by atoms with Crippen molar-refractivity contribution in [2.24, 2.45) is 0 Å². The van der Waals surface area contributed by atoms with Crippen molar-refractivity contribution in [3.05, 3.63) is 27.7 Å². The van der Waals surface area contributed by atoms with Crippen molar-refractivity contribution >= 4 is 21.8 Å². The van der Waals surface area contributed by atoms with E-state index in [4.69, 9.17) is 4.74 Å². The van der Waals surface area contributed by atoms with Crippen LogP contribution in [-0.2, 0) is 11.3 Å². The molecule has 2 N–H and O–H groups in total. The van der Waals surface area contributed by atoms with Gasteiger partial charge in [0.15, 0.2) is 6.61 Å². The van der Waals surface area contributed by atoms with Crippen LogP contribution in [-0.4, -0.2) is 25.1 Å². The molecule has 112 valence electrons. The number of rotatable bonds is 5. The molecule has 0 saturated heterocycles. The van der Waals surface area contributed by atoms with Gasteiger partial charge in [0, 0.05) is 22.1 Å². The topological polar surface area (TPSA) is 50.4 Å². The number of amides is 1. The highest BCUT2D eigenvalue weighted by Gasteiger charge is 2.15. The molecule has 1 aromatic rings. The van der Waals surface area contributed by atoms with Crippen molar-refractivity contribution in [1.82, 2.24) is 10.6 Å². The van der Waals surface area contributed by atoms with Gasteiger partial charge in [0.2, 0.25) is 0 Å². The number of benzene rings is 1. The first-order valence-electron chi connectivity index (χ1n) is 6.60. The summed E-state index contributed by atoms with van der Waals surface area (Å²) < 4.78 is 6.72. The van der Waals surface area contributed by atoms with Crippen LogP contribution in [0.25, 0.3) is 0 Å². The minimum absolute atomic E-state index is 0.0243. The van der Waals surface area contributed by atoms with Crippen molar-refractivity contribution in [2.45, 2.75) is 39.8 Å². The molecule has 0 radical (unpaired) electrons. The van der Waals surface area contributed by atoms with Gasteiger partial charge in [-0.15, -0.1) is 0 Å². The number of hydrogen-bond acceptors (Lipinski definition) is 3. The van der Waals surface area contributed by atoms with Gasteiger partial charge in [0.05, 0.1) is 0 Å². The first kappa shape index (κ1) is 17.0. The lowest BCUT2D eigenvalue weighted by Gasteiger charge is -2.21. The van der Waals surface area contributed by atoms with Crippen molar-refractivity contribution in [2.75, 3.05) is 13.7 Å². The average molecular weight is 343 g/mol. The van der Waals surface area contributed by atoms with Crippen LogP contribution in [0.4, 0.5) is 0 Å². The van der Waals surface area contributed by atoms with E-state index in [2.05, 4.69) is 26.6 Å². The van der Waals surface area contributed by atoms with E-state index < -0.39 is 0 Å². The van der Waals surface area contributed by atoms with Gasteiger partial charge in [-0.2, -0.15) is 0 Å². The van der Waals surface area contributed by atoms with Crippen LogP contribution < -0.4 is 15.4 Å². The fraction of sp³-hybridized carbons (Fsp3) is 0.533. The van der Waals surface area contributed by atoms with Gasteiger partial charge < -0.3 is 15.4 Å². The van der Waals surface area contributed by atoms with Gasteiger partial charge in [0.1, 0.15) is 5.75 Å². The Labute approximate surface area is 129 Å². The first-order valence-corrected chi connectivity index (χ1v) is 7.39. The van der Waals surface area contributed by atoms with Gasteiger partial charge in [0.25, 0.3) is 5.91 Å². The number of halogens is 1. The van der Waals surface area contributed by atoms with Crippen molar-refractivity contribution in [3.63, 3.8) is 0 Å². The highest BCUT2D eigenvalue weighted by Crippen LogP contribution is 2.28. The highest BCUT2D eigenvalue weighted by atomic mass is 79.9. The maximum atomic E-state index is 11.8. The predicted molar refractivity (Wildman–Crippen MR) is 85.0 cm³/mol. The van der Waals surface area contributed by atoms with Gasteiger partial charge in [-0.3, -0.25) is 4.79 Å². The summed E-state index contributed by atoms with van der Waals surface area (Å²) in [6, 6.07) is 3.98. The molecule has 0 atom stereocenters. The molecule has 1 rings (SSSR count). The van der Waals surface area contributed by atoms with E-state index in [-0.39, 0.29) is 18.1 Å². The number of hydrogen-bond donors (Lipinski definition) is 2. The highest BCUT2D eigenvalue weighted by molar-refractivity contribution is 9.10. The average Bonchev–Trinajstić information content (AvgIpc) is 2.25. The standard InChI is InChI=1S/C15H23BrN2O2/c1-10-6-12(16)7-11(8-17-5)14(10)20-9-13(19)18-15(2,3)4/h6-7,17H,8-9H2,1-5H3,(H,18,19). The fourth-order valence-electron chi connectivity index (χ4n) is 1.92. The first-order chi connectivity index (χ1) is 9.23. The number of carbonyl (C=O) groups is 1. The van der Waals surface area contributed by atoms with E-state index in [0.29, 0.717) is 6.54 Å². The summed E-state index contributed by atoms with van der Waals surface area (Å²) in [4.78, 5) is 11.8. The molecule has 0 unspecified atom stereocenters. The van der Waals surface area contributed by atoms with E-state index in [0.717, 1.165) is 21.3 Å². The van der Waals surface area contributed by atoms with Crippen LogP contribution in [0.15, 0.2) is 16.6 Å². The second-order valence-electron chi connectivity index (χ2n) is 5.83. The zero-order valence-corrected chi connectivity index (χ0v) is 14.3. The molecule has 0 bridgehead atoms. The summed E-state index contributed by atoms with van der Waals surface area (Å²) in [5.41, 5.74) is 1.79. The molecule has 4 nitrogen and oxygen atoms in total. The van der Waals surface area contributed by atoms with E-state index >= 15 is 0 Å². The predicted octanol–water partition coefficient (Wildman–Crippen LogP) is 2.77. The van der Waals surface area contributed by atoms with Gasteiger partial charge >= 0.3 is 0 Å². The summed E-state index contributed by atoms with van der Waals surface area (Å²) in [6.45, 7) is 8.53. The van der Waals surface area contributed by atoms with Gasteiger partial charge in [-0.05, 0) is 52.4 Å². The van der Waals surface area contributed by atoms with Crippen molar-refractivity contribution < 1.29 is 9.53 Å². The second kappa shape index (κ2) is 7.09. The summed E-state index contributed by atoms with van der Waals surface area (Å²) in [6.07, 6.45) is 0. The minimum Gasteiger partial charge on any atom is -0.483 e. The Morgan fingerprint density at radius 2 is 2.00 bits per heavy atom. The Balaban J connectivity index is 2.79. The molecule has 0 aliphatic rings. The van der Waals surface area contributed by atoms with Gasteiger partial charge in [-0.25, -0.2) is 0 Å². The minimum atomic E-state index is -0.247. The smallest absolute Gasteiger partial charge is 0.258 e. The van der Waals surface area contributed by atoms with Crippen LogP contribution >= 0.6 is 15.9 Å². The van der Waals surface area contributed by atoms with Crippen LogP contribution in [0, 0.1) is 6.92 Å². The molecule has 1 aromatic carbocycles. The molecule has 20 heavy (non-hydrogen) atoms. The molecule has 0 aliphatic heterocycles. The van der Waals surface area contributed by atoms with E-state index in [9.17, 15) is 4.79 Å². The fourth-order valence-corrected chi connectivity index (χ4v) is 2.54. The maximum absolute atomic E-state index is 11.8. The van der Waals surface area contributed by atoms with Crippen molar-refractivity contribution in [1.29, 1.82) is 0 Å². The SMILES string of the molecule is CNCc1cc(Br)cc(C)c1OCC(=O)NC(C)(C)C. The Hall–Kier alpha value is -1.07. The lowest BCUT2D eigenvalue weighted by Crippen LogP contribution is -2.43. The normalized spacial score (nSPS) is 11.3. The molecular formula is C15H23BrN2O2. The third kappa shape index (κ3) is 5.51. The van der Waals surface area contributed by atoms with E-state index in [1.165, 1.54) is 0 Å². The molecule has 0 spiro atoms. The Kier molecular flexibility index (Phi) is 6.02. The zero-order valence-electron chi connectivity index (χ0n) is 12.8. The molecule has 0 saturated carbocycles. The molecule has 1 amide bonds. The Morgan fingerprint density at radius 1 is 1.35 bits per heavy atom. The summed E-state index contributed by atoms with van der Waals surface area (Å²) >= 11 is 3.47. The lowest BCUT2D eigenvalue weighted by molar-refractivity contribution is -0.124. The molecule has 0 aliphatic carbocycles.